The molecule has 0 aromatic rings. The molecule has 1 amide bonds. The minimum absolute atomic E-state index is 0.0303. The van der Waals surface area contributed by atoms with Gasteiger partial charge in [-0.25, -0.2) is 0 Å². The molecule has 104 valence electrons. The van der Waals surface area contributed by atoms with Crippen molar-refractivity contribution in [1.29, 1.82) is 0 Å². The van der Waals surface area contributed by atoms with Gasteiger partial charge in [0.1, 0.15) is 0 Å². The molecule has 0 bridgehead atoms. The second-order valence-electron chi connectivity index (χ2n) is 6.02. The summed E-state index contributed by atoms with van der Waals surface area (Å²) in [5.74, 6) is 0.762. The van der Waals surface area contributed by atoms with Crippen LogP contribution in [0.4, 0.5) is 0 Å². The average molecular weight is 254 g/mol. The quantitative estimate of drug-likeness (QED) is 0.645. The number of carbonyl (C=O) groups is 1. The zero-order valence-electron chi connectivity index (χ0n) is 11.3. The monoisotopic (exact) mass is 254 g/mol. The van der Waals surface area contributed by atoms with Gasteiger partial charge in [0.2, 0.25) is 5.91 Å². The summed E-state index contributed by atoms with van der Waals surface area (Å²) in [6, 6.07) is -0.0303. The van der Waals surface area contributed by atoms with E-state index in [1.54, 1.807) is 0 Å². The van der Waals surface area contributed by atoms with Gasteiger partial charge < -0.3 is 15.7 Å². The van der Waals surface area contributed by atoms with Crippen LogP contribution < -0.4 is 10.6 Å². The van der Waals surface area contributed by atoms with Gasteiger partial charge in [0.05, 0.1) is 18.1 Å². The van der Waals surface area contributed by atoms with E-state index in [2.05, 4.69) is 17.6 Å². The first-order valence-corrected chi connectivity index (χ1v) is 7.36. The fraction of sp³-hybridized carbons (Fsp3) is 0.929. The summed E-state index contributed by atoms with van der Waals surface area (Å²) in [5.41, 5.74) is 0. The van der Waals surface area contributed by atoms with Gasteiger partial charge in [-0.3, -0.25) is 4.79 Å². The molecule has 1 aliphatic carbocycles. The molecule has 0 radical (unpaired) electrons. The summed E-state index contributed by atoms with van der Waals surface area (Å²) in [7, 11) is 0. The lowest BCUT2D eigenvalue weighted by atomic mass is 9.90. The van der Waals surface area contributed by atoms with E-state index in [9.17, 15) is 9.90 Å². The number of rotatable bonds is 2. The summed E-state index contributed by atoms with van der Waals surface area (Å²) in [6.07, 6.45) is 5.71. The molecule has 3 N–H and O–H groups in total. The molecular weight excluding hydrogens is 228 g/mol. The van der Waals surface area contributed by atoms with Gasteiger partial charge in [0, 0.05) is 6.54 Å². The topological polar surface area (TPSA) is 61.4 Å². The van der Waals surface area contributed by atoms with Gasteiger partial charge in [-0.15, -0.1) is 0 Å². The van der Waals surface area contributed by atoms with Gasteiger partial charge in [-0.2, -0.15) is 0 Å². The highest BCUT2D eigenvalue weighted by atomic mass is 16.3. The number of nitrogens with one attached hydrogen (secondary N) is 2. The molecule has 2 rings (SSSR count). The van der Waals surface area contributed by atoms with Crippen LogP contribution >= 0.6 is 0 Å². The molecular formula is C14H26N2O2. The van der Waals surface area contributed by atoms with Crippen molar-refractivity contribution in [1.82, 2.24) is 10.6 Å². The maximum Gasteiger partial charge on any atom is 0.224 e. The standard InChI is InChI=1S/C14H26N2O2/c1-10-7-11(9-15-8-10)14(18)16-12-5-3-2-4-6-13(12)17/h10-13,15,17H,2-9H2,1H3,(H,16,18). The lowest BCUT2D eigenvalue weighted by Crippen LogP contribution is -2.49. The molecule has 1 saturated heterocycles. The summed E-state index contributed by atoms with van der Waals surface area (Å²) in [5, 5.41) is 16.4. The number of aliphatic hydroxyl groups excluding tert-OH is 1. The van der Waals surface area contributed by atoms with Crippen LogP contribution in [-0.4, -0.2) is 36.2 Å². The Morgan fingerprint density at radius 1 is 1.22 bits per heavy atom. The second-order valence-corrected chi connectivity index (χ2v) is 6.02. The van der Waals surface area contributed by atoms with Gasteiger partial charge in [0.25, 0.3) is 0 Å². The predicted molar refractivity (Wildman–Crippen MR) is 71.2 cm³/mol. The number of hydrogen-bond acceptors (Lipinski definition) is 3. The minimum Gasteiger partial charge on any atom is -0.391 e. The summed E-state index contributed by atoms with van der Waals surface area (Å²) in [4.78, 5) is 12.2. The third-order valence-corrected chi connectivity index (χ3v) is 4.25. The molecule has 1 heterocycles. The highest BCUT2D eigenvalue weighted by molar-refractivity contribution is 5.79. The molecule has 4 heteroatoms. The summed E-state index contributed by atoms with van der Waals surface area (Å²) >= 11 is 0. The molecule has 4 atom stereocenters. The first-order valence-electron chi connectivity index (χ1n) is 7.36. The fourth-order valence-corrected chi connectivity index (χ4v) is 3.11. The Morgan fingerprint density at radius 2 is 2.00 bits per heavy atom. The minimum atomic E-state index is -0.356. The van der Waals surface area contributed by atoms with Gasteiger partial charge in [0.15, 0.2) is 0 Å². The zero-order chi connectivity index (χ0) is 13.0. The predicted octanol–water partition coefficient (Wildman–Crippen LogP) is 1.04. The molecule has 2 aliphatic rings. The molecule has 1 aliphatic heterocycles. The number of aliphatic hydroxyl groups is 1. The normalized spacial score (nSPS) is 37.9. The molecule has 0 aromatic carbocycles. The van der Waals surface area contributed by atoms with Crippen LogP contribution in [-0.2, 0) is 4.79 Å². The molecule has 0 aromatic heterocycles. The van der Waals surface area contributed by atoms with E-state index >= 15 is 0 Å². The van der Waals surface area contributed by atoms with Crippen LogP contribution in [0.2, 0.25) is 0 Å². The van der Waals surface area contributed by atoms with E-state index in [4.69, 9.17) is 0 Å². The molecule has 1 saturated carbocycles. The van der Waals surface area contributed by atoms with Crippen molar-refractivity contribution in [2.45, 2.75) is 57.6 Å². The van der Waals surface area contributed by atoms with Crippen molar-refractivity contribution in [3.8, 4) is 0 Å². The van der Waals surface area contributed by atoms with E-state index in [0.29, 0.717) is 5.92 Å². The average Bonchev–Trinajstić information content (AvgIpc) is 2.55. The second kappa shape index (κ2) is 6.53. The largest absolute Gasteiger partial charge is 0.391 e. The first kappa shape index (κ1) is 13.8. The Hall–Kier alpha value is -0.610. The van der Waals surface area contributed by atoms with Crippen molar-refractivity contribution in [3.05, 3.63) is 0 Å². The molecule has 4 unspecified atom stereocenters. The van der Waals surface area contributed by atoms with Crippen molar-refractivity contribution in [2.75, 3.05) is 13.1 Å². The fourth-order valence-electron chi connectivity index (χ4n) is 3.11. The van der Waals surface area contributed by atoms with Crippen molar-refractivity contribution >= 4 is 5.91 Å². The molecule has 18 heavy (non-hydrogen) atoms. The Balaban J connectivity index is 1.85. The van der Waals surface area contributed by atoms with E-state index in [-0.39, 0.29) is 24.0 Å². The number of amides is 1. The van der Waals surface area contributed by atoms with Crippen LogP contribution in [0.25, 0.3) is 0 Å². The Labute approximate surface area is 110 Å². The van der Waals surface area contributed by atoms with Crippen molar-refractivity contribution < 1.29 is 9.90 Å². The molecule has 2 fully saturated rings. The van der Waals surface area contributed by atoms with Crippen LogP contribution in [0, 0.1) is 11.8 Å². The van der Waals surface area contributed by atoms with Crippen molar-refractivity contribution in [3.63, 3.8) is 0 Å². The zero-order valence-corrected chi connectivity index (χ0v) is 11.3. The number of carbonyl (C=O) groups excluding carboxylic acids is 1. The van der Waals surface area contributed by atoms with Gasteiger partial charge >= 0.3 is 0 Å². The third kappa shape index (κ3) is 3.69. The lowest BCUT2D eigenvalue weighted by molar-refractivity contribution is -0.127. The molecule has 0 spiro atoms. The highest BCUT2D eigenvalue weighted by Gasteiger charge is 2.29. The number of hydrogen-bond donors (Lipinski definition) is 3. The van der Waals surface area contributed by atoms with Gasteiger partial charge in [-0.05, 0) is 31.7 Å². The van der Waals surface area contributed by atoms with E-state index < -0.39 is 0 Å². The Kier molecular flexibility index (Phi) is 5.01. The van der Waals surface area contributed by atoms with Gasteiger partial charge in [-0.1, -0.05) is 26.2 Å². The third-order valence-electron chi connectivity index (χ3n) is 4.25. The maximum absolute atomic E-state index is 12.2. The van der Waals surface area contributed by atoms with E-state index in [1.807, 2.05) is 0 Å². The summed E-state index contributed by atoms with van der Waals surface area (Å²) in [6.45, 7) is 3.96. The number of piperidine rings is 1. The van der Waals surface area contributed by atoms with E-state index in [0.717, 1.165) is 45.2 Å². The summed E-state index contributed by atoms with van der Waals surface area (Å²) < 4.78 is 0. The maximum atomic E-state index is 12.2. The van der Waals surface area contributed by atoms with E-state index in [1.165, 1.54) is 6.42 Å². The smallest absolute Gasteiger partial charge is 0.224 e. The van der Waals surface area contributed by atoms with Crippen LogP contribution in [0.3, 0.4) is 0 Å². The van der Waals surface area contributed by atoms with Crippen LogP contribution in [0.1, 0.15) is 45.4 Å². The van der Waals surface area contributed by atoms with Crippen LogP contribution in [0.15, 0.2) is 0 Å². The lowest BCUT2D eigenvalue weighted by Gasteiger charge is -2.29. The molecule has 4 nitrogen and oxygen atoms in total. The highest BCUT2D eigenvalue weighted by Crippen LogP contribution is 2.20. The first-order chi connectivity index (χ1) is 8.66. The Bertz CT molecular complexity index is 283. The van der Waals surface area contributed by atoms with Crippen LogP contribution in [0.5, 0.6) is 0 Å². The Morgan fingerprint density at radius 3 is 2.78 bits per heavy atom. The SMILES string of the molecule is CC1CNCC(C(=O)NC2CCCCCC2O)C1. The van der Waals surface area contributed by atoms with Crippen molar-refractivity contribution in [2.24, 2.45) is 11.8 Å².